The predicted octanol–water partition coefficient (Wildman–Crippen LogP) is 3.70. The van der Waals surface area contributed by atoms with Gasteiger partial charge in [-0.15, -0.1) is 0 Å². The molecule has 1 aromatic carbocycles. The van der Waals surface area contributed by atoms with Crippen LogP contribution in [0.15, 0.2) is 28.8 Å². The van der Waals surface area contributed by atoms with E-state index in [1.807, 2.05) is 24.3 Å². The number of nitrogens with zero attached hydrogens (tertiary/aromatic N) is 1. The van der Waals surface area contributed by atoms with Gasteiger partial charge in [-0.1, -0.05) is 41.9 Å². The van der Waals surface area contributed by atoms with Gasteiger partial charge in [-0.3, -0.25) is 0 Å². The molecule has 17 heavy (non-hydrogen) atoms. The lowest BCUT2D eigenvalue weighted by atomic mass is 10.0. The summed E-state index contributed by atoms with van der Waals surface area (Å²) in [6.07, 6.45) is 1.13. The summed E-state index contributed by atoms with van der Waals surface area (Å²) in [4.78, 5) is 0. The molecule has 4 heteroatoms. The molecule has 0 saturated heterocycles. The number of halogens is 1. The van der Waals surface area contributed by atoms with E-state index in [0.29, 0.717) is 22.7 Å². The zero-order valence-corrected chi connectivity index (χ0v) is 10.2. The molecule has 1 aliphatic carbocycles. The van der Waals surface area contributed by atoms with Crippen molar-refractivity contribution in [3.05, 3.63) is 35.0 Å². The third-order valence-electron chi connectivity index (χ3n) is 3.33. The molecule has 1 aliphatic rings. The van der Waals surface area contributed by atoms with Crippen LogP contribution in [0.4, 0.5) is 5.82 Å². The molecule has 0 bridgehead atoms. The summed E-state index contributed by atoms with van der Waals surface area (Å²) in [6, 6.07) is 7.63. The molecule has 0 amide bonds. The van der Waals surface area contributed by atoms with Gasteiger partial charge in [0.25, 0.3) is 0 Å². The Labute approximate surface area is 105 Å². The summed E-state index contributed by atoms with van der Waals surface area (Å²) in [5.74, 6) is 2.38. The summed E-state index contributed by atoms with van der Waals surface area (Å²) < 4.78 is 5.37. The van der Waals surface area contributed by atoms with Gasteiger partial charge in [0.15, 0.2) is 5.82 Å². The quantitative estimate of drug-likeness (QED) is 0.882. The van der Waals surface area contributed by atoms with Crippen molar-refractivity contribution in [2.75, 3.05) is 5.73 Å². The number of aromatic nitrogens is 1. The number of hydrogen-bond acceptors (Lipinski definition) is 3. The second kappa shape index (κ2) is 3.77. The number of hydrogen-bond donors (Lipinski definition) is 1. The molecule has 0 radical (unpaired) electrons. The Morgan fingerprint density at radius 1 is 1.41 bits per heavy atom. The van der Waals surface area contributed by atoms with E-state index < -0.39 is 0 Å². The summed E-state index contributed by atoms with van der Waals surface area (Å²) in [6.45, 7) is 2.19. The molecule has 2 unspecified atom stereocenters. The van der Waals surface area contributed by atoms with Crippen LogP contribution < -0.4 is 5.73 Å². The highest BCUT2D eigenvalue weighted by atomic mass is 35.5. The lowest BCUT2D eigenvalue weighted by molar-refractivity contribution is 0.384. The van der Waals surface area contributed by atoms with Gasteiger partial charge >= 0.3 is 0 Å². The average molecular weight is 249 g/mol. The topological polar surface area (TPSA) is 52.0 Å². The van der Waals surface area contributed by atoms with Crippen LogP contribution in [0, 0.1) is 5.92 Å². The van der Waals surface area contributed by atoms with E-state index in [9.17, 15) is 0 Å². The maximum absolute atomic E-state index is 6.20. The van der Waals surface area contributed by atoms with Gasteiger partial charge in [0.2, 0.25) is 0 Å². The van der Waals surface area contributed by atoms with Crippen LogP contribution in [0.25, 0.3) is 11.1 Å². The van der Waals surface area contributed by atoms with E-state index in [4.69, 9.17) is 21.9 Å². The highest BCUT2D eigenvalue weighted by Gasteiger charge is 2.40. The van der Waals surface area contributed by atoms with E-state index in [1.165, 1.54) is 0 Å². The molecule has 88 valence electrons. The smallest absolute Gasteiger partial charge is 0.175 e. The van der Waals surface area contributed by atoms with Crippen LogP contribution in [-0.4, -0.2) is 5.16 Å². The first-order valence-corrected chi connectivity index (χ1v) is 6.06. The molecule has 1 saturated carbocycles. The van der Waals surface area contributed by atoms with Crippen molar-refractivity contribution in [3.63, 3.8) is 0 Å². The summed E-state index contributed by atoms with van der Waals surface area (Å²) in [5.41, 5.74) is 7.66. The Morgan fingerprint density at radius 3 is 2.76 bits per heavy atom. The number of nitrogens with two attached hydrogens (primary N) is 1. The number of nitrogen functional groups attached to an aromatic ring is 1. The van der Waals surface area contributed by atoms with Crippen molar-refractivity contribution in [3.8, 4) is 11.1 Å². The summed E-state index contributed by atoms with van der Waals surface area (Å²) >= 11 is 6.20. The molecule has 1 fully saturated rings. The Kier molecular flexibility index (Phi) is 2.37. The van der Waals surface area contributed by atoms with Crippen molar-refractivity contribution in [1.82, 2.24) is 5.16 Å². The Hall–Kier alpha value is -1.48. The van der Waals surface area contributed by atoms with Gasteiger partial charge in [0.05, 0.1) is 5.56 Å². The minimum atomic E-state index is 0.423. The predicted molar refractivity (Wildman–Crippen MR) is 67.9 cm³/mol. The second-order valence-electron chi connectivity index (χ2n) is 4.61. The number of benzene rings is 1. The van der Waals surface area contributed by atoms with Gasteiger partial charge in [-0.25, -0.2) is 0 Å². The summed E-state index contributed by atoms with van der Waals surface area (Å²) in [7, 11) is 0. The maximum atomic E-state index is 6.20. The van der Waals surface area contributed by atoms with Crippen LogP contribution in [0.5, 0.6) is 0 Å². The molecule has 1 heterocycles. The second-order valence-corrected chi connectivity index (χ2v) is 5.01. The molecule has 0 aliphatic heterocycles. The SMILES string of the molecule is CC1CC1c1onc(N)c1-c1ccccc1Cl. The molecule has 0 spiro atoms. The van der Waals surface area contributed by atoms with E-state index in [2.05, 4.69) is 12.1 Å². The van der Waals surface area contributed by atoms with Crippen molar-refractivity contribution >= 4 is 17.4 Å². The fourth-order valence-corrected chi connectivity index (χ4v) is 2.42. The highest BCUT2D eigenvalue weighted by Crippen LogP contribution is 2.51. The van der Waals surface area contributed by atoms with Crippen LogP contribution in [0.3, 0.4) is 0 Å². The molecule has 2 N–H and O–H groups in total. The minimum Gasteiger partial charge on any atom is -0.380 e. The van der Waals surface area contributed by atoms with Gasteiger partial charge in [-0.05, 0) is 18.4 Å². The van der Waals surface area contributed by atoms with Crippen LogP contribution in [-0.2, 0) is 0 Å². The summed E-state index contributed by atoms with van der Waals surface area (Å²) in [5, 5.41) is 4.55. The standard InChI is InChI=1S/C13H13ClN2O/c1-7-6-9(7)12-11(13(15)16-17-12)8-4-2-3-5-10(8)14/h2-5,7,9H,6H2,1H3,(H2,15,16). The monoisotopic (exact) mass is 248 g/mol. The normalized spacial score (nSPS) is 22.7. The van der Waals surface area contributed by atoms with Crippen molar-refractivity contribution in [1.29, 1.82) is 0 Å². The molecule has 2 atom stereocenters. The third-order valence-corrected chi connectivity index (χ3v) is 3.66. The van der Waals surface area contributed by atoms with E-state index in [0.717, 1.165) is 23.3 Å². The Bertz CT molecular complexity index is 564. The Morgan fingerprint density at radius 2 is 2.12 bits per heavy atom. The van der Waals surface area contributed by atoms with Crippen LogP contribution in [0.2, 0.25) is 5.02 Å². The maximum Gasteiger partial charge on any atom is 0.175 e. The fraction of sp³-hybridized carbons (Fsp3) is 0.308. The van der Waals surface area contributed by atoms with Gasteiger partial charge in [-0.2, -0.15) is 0 Å². The number of anilines is 1. The van der Waals surface area contributed by atoms with Gasteiger partial charge < -0.3 is 10.3 Å². The molecular weight excluding hydrogens is 236 g/mol. The number of rotatable bonds is 2. The first-order chi connectivity index (χ1) is 8.18. The minimum absolute atomic E-state index is 0.423. The van der Waals surface area contributed by atoms with E-state index >= 15 is 0 Å². The average Bonchev–Trinajstić information content (AvgIpc) is 2.90. The lowest BCUT2D eigenvalue weighted by Gasteiger charge is -2.04. The zero-order valence-electron chi connectivity index (χ0n) is 9.48. The van der Waals surface area contributed by atoms with Crippen LogP contribution >= 0.6 is 11.6 Å². The zero-order chi connectivity index (χ0) is 12.0. The van der Waals surface area contributed by atoms with Gasteiger partial charge in [0.1, 0.15) is 5.76 Å². The first-order valence-electron chi connectivity index (χ1n) is 5.68. The van der Waals surface area contributed by atoms with Crippen LogP contribution in [0.1, 0.15) is 25.0 Å². The van der Waals surface area contributed by atoms with Gasteiger partial charge in [0, 0.05) is 16.5 Å². The Balaban J connectivity index is 2.14. The molecule has 2 aromatic rings. The lowest BCUT2D eigenvalue weighted by Crippen LogP contribution is -1.90. The molecule has 3 nitrogen and oxygen atoms in total. The van der Waals surface area contributed by atoms with E-state index in [1.54, 1.807) is 0 Å². The first kappa shape index (κ1) is 10.7. The molecule has 3 rings (SSSR count). The fourth-order valence-electron chi connectivity index (χ4n) is 2.19. The van der Waals surface area contributed by atoms with Crippen molar-refractivity contribution in [2.45, 2.75) is 19.3 Å². The van der Waals surface area contributed by atoms with E-state index in [-0.39, 0.29) is 0 Å². The molecule has 1 aromatic heterocycles. The highest BCUT2D eigenvalue weighted by molar-refractivity contribution is 6.33. The van der Waals surface area contributed by atoms with Crippen molar-refractivity contribution in [2.24, 2.45) is 5.92 Å². The largest absolute Gasteiger partial charge is 0.380 e. The molecular formula is C13H13ClN2O. The van der Waals surface area contributed by atoms with Crippen molar-refractivity contribution < 1.29 is 4.52 Å². The third kappa shape index (κ3) is 1.71.